The number of nitrogen functional groups attached to an aromatic ring is 1. The molecule has 0 fully saturated rings. The van der Waals surface area contributed by atoms with Crippen molar-refractivity contribution in [1.82, 2.24) is 0 Å². The van der Waals surface area contributed by atoms with E-state index in [-0.39, 0.29) is 0 Å². The molecular formula is C22H22N2. The normalized spacial score (nSPS) is 10.4. The molecule has 0 bridgehead atoms. The maximum Gasteiger partial charge on any atom is 0.0361 e. The Hall–Kier alpha value is -3.00. The lowest BCUT2D eigenvalue weighted by molar-refractivity contribution is 1.13. The molecule has 2 heteroatoms. The molecule has 0 spiro atoms. The van der Waals surface area contributed by atoms with Gasteiger partial charge >= 0.3 is 0 Å². The van der Waals surface area contributed by atoms with Gasteiger partial charge < -0.3 is 10.6 Å². The van der Waals surface area contributed by atoms with Crippen LogP contribution in [0, 0.1) is 0 Å². The highest BCUT2D eigenvalue weighted by molar-refractivity contribution is 5.80. The van der Waals surface area contributed by atoms with Crippen molar-refractivity contribution in [3.05, 3.63) is 94.4 Å². The Kier molecular flexibility index (Phi) is 4.39. The third kappa shape index (κ3) is 3.33. The second-order valence-electron chi connectivity index (χ2n) is 6.14. The Morgan fingerprint density at radius 3 is 1.75 bits per heavy atom. The van der Waals surface area contributed by atoms with Crippen molar-refractivity contribution in [2.24, 2.45) is 0 Å². The predicted octanol–water partition coefficient (Wildman–Crippen LogP) is 2.99. The van der Waals surface area contributed by atoms with Gasteiger partial charge in [0.25, 0.3) is 0 Å². The van der Waals surface area contributed by atoms with E-state index in [1.807, 2.05) is 38.4 Å². The van der Waals surface area contributed by atoms with Crippen LogP contribution in [0.15, 0.2) is 72.8 Å². The first-order chi connectivity index (χ1) is 11.5. The van der Waals surface area contributed by atoms with E-state index in [9.17, 15) is 0 Å². The van der Waals surface area contributed by atoms with Crippen LogP contribution >= 0.6 is 0 Å². The van der Waals surface area contributed by atoms with Gasteiger partial charge in [0.1, 0.15) is 0 Å². The Morgan fingerprint density at radius 2 is 1.25 bits per heavy atom. The Morgan fingerprint density at radius 1 is 0.750 bits per heavy atom. The molecular weight excluding hydrogens is 292 g/mol. The van der Waals surface area contributed by atoms with E-state index in [2.05, 4.69) is 60.0 Å². The van der Waals surface area contributed by atoms with Crippen molar-refractivity contribution in [3.63, 3.8) is 0 Å². The third-order valence-corrected chi connectivity index (χ3v) is 4.11. The molecule has 0 saturated heterocycles. The average molecular weight is 314 g/mol. The van der Waals surface area contributed by atoms with Crippen molar-refractivity contribution in [2.75, 3.05) is 24.7 Å². The van der Waals surface area contributed by atoms with Crippen molar-refractivity contribution in [1.29, 1.82) is 0 Å². The van der Waals surface area contributed by atoms with Gasteiger partial charge in [-0.1, -0.05) is 55.1 Å². The van der Waals surface area contributed by atoms with Gasteiger partial charge in [-0.3, -0.25) is 0 Å². The molecule has 0 saturated carbocycles. The summed E-state index contributed by atoms with van der Waals surface area (Å²) in [6.45, 7) is 3.98. The van der Waals surface area contributed by atoms with Crippen molar-refractivity contribution in [2.45, 2.75) is 0 Å². The Balaban J connectivity index is 2.22. The highest BCUT2D eigenvalue weighted by Gasteiger charge is 2.07. The van der Waals surface area contributed by atoms with Crippen molar-refractivity contribution >= 4 is 23.5 Å². The number of anilines is 2. The van der Waals surface area contributed by atoms with E-state index in [1.54, 1.807) is 0 Å². The van der Waals surface area contributed by atoms with Gasteiger partial charge in [0, 0.05) is 25.5 Å². The first kappa shape index (κ1) is 15.9. The van der Waals surface area contributed by atoms with Gasteiger partial charge in [-0.05, 0) is 51.4 Å². The zero-order valence-electron chi connectivity index (χ0n) is 14.2. The van der Waals surface area contributed by atoms with Crippen molar-refractivity contribution in [3.8, 4) is 0 Å². The predicted molar refractivity (Wildman–Crippen MR) is 104 cm³/mol. The van der Waals surface area contributed by atoms with Crippen LogP contribution in [-0.4, -0.2) is 14.1 Å². The maximum absolute atomic E-state index is 5.85. The summed E-state index contributed by atoms with van der Waals surface area (Å²) in [7, 11) is 4.10. The summed E-state index contributed by atoms with van der Waals surface area (Å²) in [4.78, 5) is 2.10. The molecule has 3 aromatic carbocycles. The Labute approximate surface area is 143 Å². The lowest BCUT2D eigenvalue weighted by Crippen LogP contribution is -2.12. The largest absolute Gasteiger partial charge is 0.399 e. The summed E-state index contributed by atoms with van der Waals surface area (Å²) in [5.74, 6) is 0. The van der Waals surface area contributed by atoms with E-state index in [0.29, 0.717) is 0 Å². The van der Waals surface area contributed by atoms with E-state index in [1.165, 1.54) is 22.0 Å². The minimum absolute atomic E-state index is 0.772. The average Bonchev–Trinajstić information content (AvgIpc) is 2.59. The molecule has 0 radical (unpaired) electrons. The Bertz CT molecular complexity index is 913. The third-order valence-electron chi connectivity index (χ3n) is 4.11. The smallest absolute Gasteiger partial charge is 0.0361 e. The van der Waals surface area contributed by atoms with Gasteiger partial charge in [0.15, 0.2) is 0 Å². The van der Waals surface area contributed by atoms with Gasteiger partial charge in [-0.25, -0.2) is 0 Å². The van der Waals surface area contributed by atoms with E-state index >= 15 is 0 Å². The standard InChI is InChI=1S/C22H22N2/c1-16-4-6-17(7-5-16)22(18-8-12-20(23)13-9-18)19-10-14-21(15-11-19)24(2)3/h4-15H,1,23H2,2-3H3. The molecule has 0 aliphatic heterocycles. The van der Waals surface area contributed by atoms with Gasteiger partial charge in [-0.15, -0.1) is 0 Å². The molecule has 24 heavy (non-hydrogen) atoms. The zero-order chi connectivity index (χ0) is 17.1. The molecule has 0 aliphatic rings. The fourth-order valence-electron chi connectivity index (χ4n) is 2.75. The van der Waals surface area contributed by atoms with Crippen LogP contribution in [0.5, 0.6) is 0 Å². The summed E-state index contributed by atoms with van der Waals surface area (Å²) in [6, 6.07) is 25.0. The molecule has 2 N–H and O–H groups in total. The molecule has 120 valence electrons. The number of hydrogen-bond donors (Lipinski definition) is 1. The summed E-state index contributed by atoms with van der Waals surface area (Å²) in [6.07, 6.45) is 0. The number of rotatable bonds is 3. The molecule has 0 aromatic heterocycles. The zero-order valence-corrected chi connectivity index (χ0v) is 14.2. The first-order valence-corrected chi connectivity index (χ1v) is 7.97. The van der Waals surface area contributed by atoms with Crippen LogP contribution in [-0.2, 0) is 0 Å². The topological polar surface area (TPSA) is 29.3 Å². The molecule has 0 amide bonds. The first-order valence-electron chi connectivity index (χ1n) is 7.97. The highest BCUT2D eigenvalue weighted by atomic mass is 15.1. The lowest BCUT2D eigenvalue weighted by atomic mass is 9.95. The quantitative estimate of drug-likeness (QED) is 0.753. The molecule has 0 heterocycles. The number of nitrogens with zero attached hydrogens (tertiary/aromatic N) is 1. The van der Waals surface area contributed by atoms with E-state index in [0.717, 1.165) is 16.5 Å². The second kappa shape index (κ2) is 6.63. The number of benzene rings is 3. The summed E-state index contributed by atoms with van der Waals surface area (Å²) in [5.41, 5.74) is 11.3. The van der Waals surface area contributed by atoms with Crippen LogP contribution < -0.4 is 21.1 Å². The fraction of sp³-hybridized carbons (Fsp3) is 0.0909. The summed E-state index contributed by atoms with van der Waals surface area (Å²) < 4.78 is 0. The monoisotopic (exact) mass is 314 g/mol. The molecule has 3 aromatic rings. The van der Waals surface area contributed by atoms with Crippen LogP contribution in [0.25, 0.3) is 12.2 Å². The number of nitrogens with two attached hydrogens (primary N) is 1. The fourth-order valence-corrected chi connectivity index (χ4v) is 2.75. The van der Waals surface area contributed by atoms with Crippen molar-refractivity contribution < 1.29 is 0 Å². The van der Waals surface area contributed by atoms with Gasteiger partial charge in [0.2, 0.25) is 0 Å². The molecule has 0 unspecified atom stereocenters. The van der Waals surface area contributed by atoms with Gasteiger partial charge in [0.05, 0.1) is 0 Å². The summed E-state index contributed by atoms with van der Waals surface area (Å²) >= 11 is 0. The lowest BCUT2D eigenvalue weighted by Gasteiger charge is -2.14. The van der Waals surface area contributed by atoms with Crippen LogP contribution in [0.1, 0.15) is 11.1 Å². The molecule has 0 aliphatic carbocycles. The van der Waals surface area contributed by atoms with Crippen LogP contribution in [0.2, 0.25) is 0 Å². The molecule has 0 atom stereocenters. The summed E-state index contributed by atoms with van der Waals surface area (Å²) in [5, 5.41) is 2.18. The molecule has 3 rings (SSSR count). The van der Waals surface area contributed by atoms with E-state index in [4.69, 9.17) is 5.73 Å². The second-order valence-corrected chi connectivity index (χ2v) is 6.14. The van der Waals surface area contributed by atoms with Crippen LogP contribution in [0.3, 0.4) is 0 Å². The minimum atomic E-state index is 0.772. The van der Waals surface area contributed by atoms with Crippen LogP contribution in [0.4, 0.5) is 11.4 Å². The minimum Gasteiger partial charge on any atom is -0.399 e. The SMILES string of the molecule is C=c1ccc(=C(c2ccc(N)cc2)c2ccc(N(C)C)cc2)cc1. The highest BCUT2D eigenvalue weighted by Crippen LogP contribution is 2.24. The van der Waals surface area contributed by atoms with Gasteiger partial charge in [-0.2, -0.15) is 0 Å². The van der Waals surface area contributed by atoms with E-state index < -0.39 is 0 Å². The maximum atomic E-state index is 5.85. The molecule has 2 nitrogen and oxygen atoms in total. The number of hydrogen-bond acceptors (Lipinski definition) is 2.